The quantitative estimate of drug-likeness (QED) is 0.838. The van der Waals surface area contributed by atoms with Crippen molar-refractivity contribution in [3.05, 3.63) is 21.7 Å². The lowest BCUT2D eigenvalue weighted by Crippen LogP contribution is -2.26. The van der Waals surface area contributed by atoms with E-state index in [9.17, 15) is 0 Å². The number of hydrogen-bond donors (Lipinski definition) is 1. The third kappa shape index (κ3) is 3.46. The summed E-state index contributed by atoms with van der Waals surface area (Å²) < 4.78 is 6.47. The van der Waals surface area contributed by atoms with E-state index in [-0.39, 0.29) is 0 Å². The van der Waals surface area contributed by atoms with Crippen molar-refractivity contribution in [2.75, 3.05) is 26.2 Å². The lowest BCUT2D eigenvalue weighted by Gasteiger charge is -2.13. The van der Waals surface area contributed by atoms with E-state index in [0.717, 1.165) is 28.5 Å². The highest BCUT2D eigenvalue weighted by Gasteiger charge is 2.20. The molecule has 1 atom stereocenters. The van der Waals surface area contributed by atoms with Crippen molar-refractivity contribution < 1.29 is 4.42 Å². The second kappa shape index (κ2) is 6.02. The van der Waals surface area contributed by atoms with Crippen LogP contribution in [0.15, 0.2) is 16.5 Å². The normalized spacial score (nSPS) is 21.8. The van der Waals surface area contributed by atoms with E-state index in [0.29, 0.717) is 0 Å². The highest BCUT2D eigenvalue weighted by Crippen LogP contribution is 2.15. The molecule has 0 aliphatic carbocycles. The van der Waals surface area contributed by atoms with Crippen LogP contribution in [-0.2, 0) is 6.54 Å². The Labute approximate surface area is 111 Å². The summed E-state index contributed by atoms with van der Waals surface area (Å²) in [4.78, 5) is 2.52. The van der Waals surface area contributed by atoms with E-state index in [4.69, 9.17) is 4.42 Å². The van der Waals surface area contributed by atoms with Crippen LogP contribution in [0.4, 0.5) is 0 Å². The van der Waals surface area contributed by atoms with Gasteiger partial charge < -0.3 is 14.6 Å². The molecular weight excluding hydrogens is 315 g/mol. The average molecular weight is 334 g/mol. The third-order valence-corrected chi connectivity index (χ3v) is 3.76. The fourth-order valence-corrected chi connectivity index (χ4v) is 2.68. The molecule has 2 heterocycles. The number of rotatable bonds is 5. The third-order valence-electron chi connectivity index (χ3n) is 3.18. The molecule has 90 valence electrons. The molecule has 0 spiro atoms. The lowest BCUT2D eigenvalue weighted by atomic mass is 10.1. The van der Waals surface area contributed by atoms with E-state index in [1.165, 1.54) is 26.1 Å². The van der Waals surface area contributed by atoms with Crippen molar-refractivity contribution in [3.8, 4) is 0 Å². The minimum atomic E-state index is 0.814. The molecular formula is C12H19IN2O. The molecule has 0 saturated carbocycles. The van der Waals surface area contributed by atoms with Crippen molar-refractivity contribution in [1.82, 2.24) is 10.2 Å². The Balaban J connectivity index is 1.65. The van der Waals surface area contributed by atoms with Crippen LogP contribution in [0.25, 0.3) is 0 Å². The maximum absolute atomic E-state index is 5.50. The summed E-state index contributed by atoms with van der Waals surface area (Å²) in [5.41, 5.74) is 0. The zero-order valence-electron chi connectivity index (χ0n) is 9.71. The van der Waals surface area contributed by atoms with Gasteiger partial charge in [0.15, 0.2) is 3.77 Å². The van der Waals surface area contributed by atoms with Gasteiger partial charge in [0.2, 0.25) is 0 Å². The molecule has 1 aromatic rings. The fourth-order valence-electron chi connectivity index (χ4n) is 2.21. The summed E-state index contributed by atoms with van der Waals surface area (Å²) in [5.74, 6) is 1.85. The van der Waals surface area contributed by atoms with Crippen LogP contribution in [0.1, 0.15) is 19.1 Å². The summed E-state index contributed by atoms with van der Waals surface area (Å²) >= 11 is 2.20. The highest BCUT2D eigenvalue weighted by molar-refractivity contribution is 14.1. The standard InChI is InChI=1S/C12H19IN2O/c1-2-15-6-5-10(9-15)7-14-8-11-3-4-12(13)16-11/h3-4,10,14H,2,5-9H2,1H3. The van der Waals surface area contributed by atoms with E-state index in [1.54, 1.807) is 0 Å². The first-order valence-electron chi connectivity index (χ1n) is 5.95. The lowest BCUT2D eigenvalue weighted by molar-refractivity contribution is 0.337. The first-order valence-corrected chi connectivity index (χ1v) is 7.03. The minimum Gasteiger partial charge on any atom is -0.454 e. The summed E-state index contributed by atoms with van der Waals surface area (Å²) in [5, 5.41) is 3.48. The SMILES string of the molecule is CCN1CCC(CNCc2ccc(I)o2)C1. The zero-order chi connectivity index (χ0) is 11.4. The number of likely N-dealkylation sites (tertiary alicyclic amines) is 1. The molecule has 1 fully saturated rings. The second-order valence-electron chi connectivity index (χ2n) is 4.38. The van der Waals surface area contributed by atoms with Crippen LogP contribution in [0.3, 0.4) is 0 Å². The molecule has 1 aliphatic heterocycles. The van der Waals surface area contributed by atoms with Crippen LogP contribution >= 0.6 is 22.6 Å². The Kier molecular flexibility index (Phi) is 4.66. The number of nitrogens with one attached hydrogen (secondary N) is 1. The van der Waals surface area contributed by atoms with Crippen molar-refractivity contribution in [2.45, 2.75) is 19.9 Å². The molecule has 1 saturated heterocycles. The van der Waals surface area contributed by atoms with Crippen LogP contribution < -0.4 is 5.32 Å². The molecule has 16 heavy (non-hydrogen) atoms. The maximum Gasteiger partial charge on any atom is 0.164 e. The van der Waals surface area contributed by atoms with Crippen LogP contribution in [0.5, 0.6) is 0 Å². The Hall–Kier alpha value is -0.0700. The molecule has 4 heteroatoms. The zero-order valence-corrected chi connectivity index (χ0v) is 11.9. The van der Waals surface area contributed by atoms with E-state index < -0.39 is 0 Å². The molecule has 1 aliphatic rings. The Morgan fingerprint density at radius 2 is 2.44 bits per heavy atom. The van der Waals surface area contributed by atoms with Gasteiger partial charge in [-0.15, -0.1) is 0 Å². The van der Waals surface area contributed by atoms with Gasteiger partial charge in [0.05, 0.1) is 6.54 Å². The molecule has 0 amide bonds. The molecule has 1 unspecified atom stereocenters. The van der Waals surface area contributed by atoms with E-state index in [1.807, 2.05) is 12.1 Å². The largest absolute Gasteiger partial charge is 0.454 e. The van der Waals surface area contributed by atoms with Gasteiger partial charge in [-0.05, 0) is 66.7 Å². The smallest absolute Gasteiger partial charge is 0.164 e. The summed E-state index contributed by atoms with van der Waals surface area (Å²) in [6, 6.07) is 4.05. The van der Waals surface area contributed by atoms with Gasteiger partial charge in [-0.2, -0.15) is 0 Å². The van der Waals surface area contributed by atoms with Gasteiger partial charge in [0, 0.05) is 6.54 Å². The van der Waals surface area contributed by atoms with Gasteiger partial charge in [0.25, 0.3) is 0 Å². The maximum atomic E-state index is 5.50. The van der Waals surface area contributed by atoms with Gasteiger partial charge in [0.1, 0.15) is 5.76 Å². The second-order valence-corrected chi connectivity index (χ2v) is 5.45. The van der Waals surface area contributed by atoms with E-state index in [2.05, 4.69) is 39.7 Å². The topological polar surface area (TPSA) is 28.4 Å². The molecule has 2 rings (SSSR count). The van der Waals surface area contributed by atoms with Gasteiger partial charge in [-0.25, -0.2) is 0 Å². The summed E-state index contributed by atoms with van der Waals surface area (Å²) in [6.45, 7) is 7.90. The van der Waals surface area contributed by atoms with Crippen molar-refractivity contribution >= 4 is 22.6 Å². The molecule has 1 aromatic heterocycles. The average Bonchev–Trinajstić information content (AvgIpc) is 2.88. The predicted molar refractivity (Wildman–Crippen MR) is 73.4 cm³/mol. The number of furan rings is 1. The van der Waals surface area contributed by atoms with Crippen LogP contribution in [0.2, 0.25) is 0 Å². The monoisotopic (exact) mass is 334 g/mol. The van der Waals surface area contributed by atoms with Crippen LogP contribution in [0, 0.1) is 9.68 Å². The van der Waals surface area contributed by atoms with Gasteiger partial charge in [-0.1, -0.05) is 6.92 Å². The van der Waals surface area contributed by atoms with Crippen molar-refractivity contribution in [2.24, 2.45) is 5.92 Å². The Morgan fingerprint density at radius 3 is 3.06 bits per heavy atom. The first-order chi connectivity index (χ1) is 7.78. The Bertz CT molecular complexity index is 327. The van der Waals surface area contributed by atoms with E-state index >= 15 is 0 Å². The summed E-state index contributed by atoms with van der Waals surface area (Å²) in [7, 11) is 0. The van der Waals surface area contributed by atoms with Crippen LogP contribution in [-0.4, -0.2) is 31.1 Å². The first kappa shape index (κ1) is 12.4. The number of hydrogen-bond acceptors (Lipinski definition) is 3. The van der Waals surface area contributed by atoms with Crippen molar-refractivity contribution in [3.63, 3.8) is 0 Å². The Morgan fingerprint density at radius 1 is 1.56 bits per heavy atom. The predicted octanol–water partition coefficient (Wildman–Crippen LogP) is 2.32. The molecule has 0 bridgehead atoms. The number of halogens is 1. The molecule has 1 N–H and O–H groups in total. The molecule has 0 radical (unpaired) electrons. The minimum absolute atomic E-state index is 0.814. The van der Waals surface area contributed by atoms with Gasteiger partial charge in [-0.3, -0.25) is 0 Å². The van der Waals surface area contributed by atoms with Crippen molar-refractivity contribution in [1.29, 1.82) is 0 Å². The van der Waals surface area contributed by atoms with Gasteiger partial charge >= 0.3 is 0 Å². The molecule has 0 aromatic carbocycles. The highest BCUT2D eigenvalue weighted by atomic mass is 127. The fraction of sp³-hybridized carbons (Fsp3) is 0.667. The molecule has 3 nitrogen and oxygen atoms in total. The number of nitrogens with zero attached hydrogens (tertiary/aromatic N) is 1. The summed E-state index contributed by atoms with van der Waals surface area (Å²) in [6.07, 6.45) is 1.33.